The molecule has 5 heteroatoms. The normalized spacial score (nSPS) is 15.7. The molecular formula is C20H19Cl2N3. The second-order valence-corrected chi connectivity index (χ2v) is 7.26. The molecule has 0 unspecified atom stereocenters. The number of anilines is 1. The predicted octanol–water partition coefficient (Wildman–Crippen LogP) is 4.86. The molecule has 0 atom stereocenters. The topological polar surface area (TPSA) is 19.4 Å². The van der Waals surface area contributed by atoms with Crippen LogP contribution in [0.5, 0.6) is 0 Å². The van der Waals surface area contributed by atoms with Gasteiger partial charge in [0.1, 0.15) is 0 Å². The van der Waals surface area contributed by atoms with Gasteiger partial charge in [-0.2, -0.15) is 0 Å². The molecule has 0 N–H and O–H groups in total. The van der Waals surface area contributed by atoms with Gasteiger partial charge in [0.05, 0.1) is 11.2 Å². The second-order valence-electron chi connectivity index (χ2n) is 6.39. The van der Waals surface area contributed by atoms with E-state index in [1.54, 1.807) is 6.07 Å². The monoisotopic (exact) mass is 371 g/mol. The van der Waals surface area contributed by atoms with Gasteiger partial charge < -0.3 is 4.90 Å². The van der Waals surface area contributed by atoms with Crippen molar-refractivity contribution in [2.45, 2.75) is 6.54 Å². The van der Waals surface area contributed by atoms with Crippen LogP contribution in [0.2, 0.25) is 10.0 Å². The van der Waals surface area contributed by atoms with Crippen molar-refractivity contribution >= 4 is 39.8 Å². The highest BCUT2D eigenvalue weighted by Crippen LogP contribution is 2.26. The molecule has 1 aromatic heterocycles. The Bertz CT molecular complexity index is 869. The van der Waals surface area contributed by atoms with Crippen molar-refractivity contribution in [1.82, 2.24) is 9.88 Å². The fourth-order valence-corrected chi connectivity index (χ4v) is 3.83. The molecule has 0 spiro atoms. The summed E-state index contributed by atoms with van der Waals surface area (Å²) in [5, 5.41) is 2.56. The molecule has 25 heavy (non-hydrogen) atoms. The standard InChI is InChI=1S/C20H19Cl2N3/c21-16-11-17(22)13-19(12-16)25-9-7-24(8-10-25)14-18-6-5-15-3-1-2-4-20(15)23-18/h1-6,11-13H,7-10,14H2. The fraction of sp³-hybridized carbons (Fsp3) is 0.250. The molecule has 2 aromatic carbocycles. The Morgan fingerprint density at radius 3 is 2.32 bits per heavy atom. The number of aromatic nitrogens is 1. The van der Waals surface area contributed by atoms with Crippen molar-refractivity contribution in [2.75, 3.05) is 31.1 Å². The number of hydrogen-bond acceptors (Lipinski definition) is 3. The maximum atomic E-state index is 6.12. The number of rotatable bonds is 3. The SMILES string of the molecule is Clc1cc(Cl)cc(N2CCN(Cc3ccc4ccccc4n3)CC2)c1. The van der Waals surface area contributed by atoms with Gasteiger partial charge in [-0.1, -0.05) is 47.5 Å². The summed E-state index contributed by atoms with van der Waals surface area (Å²) in [5.41, 5.74) is 3.28. The van der Waals surface area contributed by atoms with Crippen molar-refractivity contribution < 1.29 is 0 Å². The molecule has 0 aliphatic carbocycles. The number of fused-ring (bicyclic) bond motifs is 1. The van der Waals surface area contributed by atoms with Gasteiger partial charge in [-0.15, -0.1) is 0 Å². The van der Waals surface area contributed by atoms with E-state index in [1.807, 2.05) is 24.3 Å². The summed E-state index contributed by atoms with van der Waals surface area (Å²) in [5.74, 6) is 0. The quantitative estimate of drug-likeness (QED) is 0.654. The number of halogens is 2. The van der Waals surface area contributed by atoms with Crippen LogP contribution in [0.4, 0.5) is 5.69 Å². The first-order chi connectivity index (χ1) is 12.2. The summed E-state index contributed by atoms with van der Waals surface area (Å²) >= 11 is 12.2. The molecule has 0 amide bonds. The highest BCUT2D eigenvalue weighted by Gasteiger charge is 2.18. The second kappa shape index (κ2) is 7.20. The van der Waals surface area contributed by atoms with Crippen LogP contribution in [-0.4, -0.2) is 36.1 Å². The van der Waals surface area contributed by atoms with Crippen molar-refractivity contribution in [3.8, 4) is 0 Å². The number of benzene rings is 2. The Balaban J connectivity index is 1.41. The average molecular weight is 372 g/mol. The van der Waals surface area contributed by atoms with Crippen LogP contribution in [0, 0.1) is 0 Å². The van der Waals surface area contributed by atoms with Crippen LogP contribution in [0.25, 0.3) is 10.9 Å². The molecule has 128 valence electrons. The number of para-hydroxylation sites is 1. The number of pyridine rings is 1. The maximum absolute atomic E-state index is 6.12. The van der Waals surface area contributed by atoms with E-state index in [4.69, 9.17) is 28.2 Å². The van der Waals surface area contributed by atoms with Gasteiger partial charge in [0.2, 0.25) is 0 Å². The molecule has 1 aliphatic heterocycles. The summed E-state index contributed by atoms with van der Waals surface area (Å²) in [6.07, 6.45) is 0. The van der Waals surface area contributed by atoms with E-state index in [1.165, 1.54) is 5.39 Å². The fourth-order valence-electron chi connectivity index (χ4n) is 3.31. The molecule has 0 saturated carbocycles. The van der Waals surface area contributed by atoms with Crippen LogP contribution >= 0.6 is 23.2 Å². The Morgan fingerprint density at radius 2 is 1.56 bits per heavy atom. The van der Waals surface area contributed by atoms with Crippen LogP contribution in [0.3, 0.4) is 0 Å². The summed E-state index contributed by atoms with van der Waals surface area (Å²) in [6.45, 7) is 4.81. The van der Waals surface area contributed by atoms with Gasteiger partial charge in [0.15, 0.2) is 0 Å². The van der Waals surface area contributed by atoms with Gasteiger partial charge in [-0.05, 0) is 30.3 Å². The molecule has 0 radical (unpaired) electrons. The van der Waals surface area contributed by atoms with E-state index in [0.717, 1.165) is 49.6 Å². The summed E-state index contributed by atoms with van der Waals surface area (Å²) in [7, 11) is 0. The zero-order valence-corrected chi connectivity index (χ0v) is 15.3. The van der Waals surface area contributed by atoms with Crippen molar-refractivity contribution in [2.24, 2.45) is 0 Å². The largest absolute Gasteiger partial charge is 0.369 e. The van der Waals surface area contributed by atoms with E-state index in [0.29, 0.717) is 10.0 Å². The van der Waals surface area contributed by atoms with E-state index < -0.39 is 0 Å². The third-order valence-corrected chi connectivity index (χ3v) is 5.06. The van der Waals surface area contributed by atoms with E-state index >= 15 is 0 Å². The molecule has 1 fully saturated rings. The lowest BCUT2D eigenvalue weighted by molar-refractivity contribution is 0.247. The molecule has 1 saturated heterocycles. The highest BCUT2D eigenvalue weighted by atomic mass is 35.5. The lowest BCUT2D eigenvalue weighted by Crippen LogP contribution is -2.46. The summed E-state index contributed by atoms with van der Waals surface area (Å²) in [4.78, 5) is 9.56. The first-order valence-corrected chi connectivity index (χ1v) is 9.21. The Hall–Kier alpha value is -1.81. The molecular weight excluding hydrogens is 353 g/mol. The zero-order chi connectivity index (χ0) is 17.2. The summed E-state index contributed by atoms with van der Waals surface area (Å²) < 4.78 is 0. The van der Waals surface area contributed by atoms with E-state index in [9.17, 15) is 0 Å². The van der Waals surface area contributed by atoms with E-state index in [2.05, 4.69) is 34.1 Å². The van der Waals surface area contributed by atoms with Gasteiger partial charge in [-0.25, -0.2) is 0 Å². The Kier molecular flexibility index (Phi) is 4.80. The first-order valence-electron chi connectivity index (χ1n) is 8.45. The summed E-state index contributed by atoms with van der Waals surface area (Å²) in [6, 6.07) is 18.3. The molecule has 4 rings (SSSR count). The van der Waals surface area contributed by atoms with Crippen LogP contribution in [0.15, 0.2) is 54.6 Å². The minimum atomic E-state index is 0.685. The third-order valence-electron chi connectivity index (χ3n) is 4.63. The molecule has 3 aromatic rings. The lowest BCUT2D eigenvalue weighted by Gasteiger charge is -2.36. The Morgan fingerprint density at radius 1 is 0.840 bits per heavy atom. The molecule has 0 bridgehead atoms. The highest BCUT2D eigenvalue weighted by molar-refractivity contribution is 6.35. The van der Waals surface area contributed by atoms with Gasteiger partial charge >= 0.3 is 0 Å². The third kappa shape index (κ3) is 3.90. The smallest absolute Gasteiger partial charge is 0.0705 e. The van der Waals surface area contributed by atoms with Gasteiger partial charge in [0, 0.05) is 53.8 Å². The average Bonchev–Trinajstić information content (AvgIpc) is 2.61. The van der Waals surface area contributed by atoms with Gasteiger partial charge in [-0.3, -0.25) is 9.88 Å². The van der Waals surface area contributed by atoms with E-state index in [-0.39, 0.29) is 0 Å². The maximum Gasteiger partial charge on any atom is 0.0705 e. The predicted molar refractivity (Wildman–Crippen MR) is 106 cm³/mol. The minimum Gasteiger partial charge on any atom is -0.369 e. The lowest BCUT2D eigenvalue weighted by atomic mass is 10.2. The number of piperazine rings is 1. The van der Waals surface area contributed by atoms with Crippen LogP contribution < -0.4 is 4.90 Å². The zero-order valence-electron chi connectivity index (χ0n) is 13.8. The molecule has 2 heterocycles. The first kappa shape index (κ1) is 16.6. The molecule has 3 nitrogen and oxygen atoms in total. The van der Waals surface area contributed by atoms with Crippen molar-refractivity contribution in [3.63, 3.8) is 0 Å². The number of hydrogen-bond donors (Lipinski definition) is 0. The van der Waals surface area contributed by atoms with Crippen molar-refractivity contribution in [3.05, 3.63) is 70.3 Å². The van der Waals surface area contributed by atoms with Gasteiger partial charge in [0.25, 0.3) is 0 Å². The Labute approximate surface area is 157 Å². The molecule has 1 aliphatic rings. The van der Waals surface area contributed by atoms with Crippen LogP contribution in [0.1, 0.15) is 5.69 Å². The number of nitrogens with zero attached hydrogens (tertiary/aromatic N) is 3. The van der Waals surface area contributed by atoms with Crippen molar-refractivity contribution in [1.29, 1.82) is 0 Å². The van der Waals surface area contributed by atoms with Crippen LogP contribution in [-0.2, 0) is 6.54 Å². The minimum absolute atomic E-state index is 0.685.